The Balaban J connectivity index is 1.27. The number of amides is 1. The van der Waals surface area contributed by atoms with Gasteiger partial charge >= 0.3 is 0 Å². The van der Waals surface area contributed by atoms with Gasteiger partial charge in [0.15, 0.2) is 5.78 Å². The van der Waals surface area contributed by atoms with Crippen LogP contribution in [0.25, 0.3) is 11.0 Å². The highest BCUT2D eigenvalue weighted by Crippen LogP contribution is 2.29. The van der Waals surface area contributed by atoms with Crippen molar-refractivity contribution in [2.75, 3.05) is 5.32 Å². The van der Waals surface area contributed by atoms with Crippen molar-refractivity contribution in [3.63, 3.8) is 0 Å². The van der Waals surface area contributed by atoms with Gasteiger partial charge in [-0.15, -0.1) is 0 Å². The summed E-state index contributed by atoms with van der Waals surface area (Å²) in [4.78, 5) is 37.8. The van der Waals surface area contributed by atoms with Crippen molar-refractivity contribution < 1.29 is 9.59 Å². The fourth-order valence-corrected chi connectivity index (χ4v) is 4.77. The van der Waals surface area contributed by atoms with E-state index in [-0.39, 0.29) is 23.8 Å². The van der Waals surface area contributed by atoms with Gasteiger partial charge in [0.1, 0.15) is 17.8 Å². The first kappa shape index (κ1) is 22.8. The Labute approximate surface area is 204 Å². The number of hydrogen-bond donors (Lipinski definition) is 3. The fourth-order valence-electron chi connectivity index (χ4n) is 4.77. The summed E-state index contributed by atoms with van der Waals surface area (Å²) < 4.78 is 0. The first-order valence-corrected chi connectivity index (χ1v) is 12.1. The number of rotatable bonds is 6. The third kappa shape index (κ3) is 4.80. The van der Waals surface area contributed by atoms with Crippen molar-refractivity contribution in [1.29, 1.82) is 0 Å². The van der Waals surface area contributed by atoms with Crippen LogP contribution in [0.1, 0.15) is 63.1 Å². The number of anilines is 1. The van der Waals surface area contributed by atoms with Crippen molar-refractivity contribution in [3.8, 4) is 0 Å². The van der Waals surface area contributed by atoms with Crippen LogP contribution >= 0.6 is 0 Å². The Morgan fingerprint density at radius 3 is 2.34 bits per heavy atom. The standard InChI is InChI=1S/C28H29N5O2/c1-17-7-9-19(10-8-17)28(35)33-21-13-11-20(12-14-21)32-27-24-23(15-29-26(24)30-16-31-27)25(34)22-6-4-3-5-18(22)2/h3-10,15-16,20-21H,11-14H2,1-2H3,(H,33,35)(H2,29,30,31,32)/t20-,21+. The molecule has 0 bridgehead atoms. The molecule has 1 aliphatic carbocycles. The number of nitrogens with one attached hydrogen (secondary N) is 3. The number of ketones is 1. The van der Waals surface area contributed by atoms with Crippen molar-refractivity contribution in [1.82, 2.24) is 20.3 Å². The lowest BCUT2D eigenvalue weighted by Gasteiger charge is -2.30. The number of carbonyl (C=O) groups excluding carboxylic acids is 2. The SMILES string of the molecule is Cc1ccc(C(=O)N[C@H]2CC[C@@H](Nc3ncnc4[nH]cc(C(=O)c5ccccc5C)c34)CC2)cc1. The second-order valence-electron chi connectivity index (χ2n) is 9.32. The van der Waals surface area contributed by atoms with E-state index in [1.165, 1.54) is 6.33 Å². The number of carbonyl (C=O) groups is 2. The van der Waals surface area contributed by atoms with Gasteiger partial charge in [0.2, 0.25) is 0 Å². The minimum absolute atomic E-state index is 0.0226. The molecule has 1 saturated carbocycles. The second-order valence-corrected chi connectivity index (χ2v) is 9.32. The summed E-state index contributed by atoms with van der Waals surface area (Å²) in [5, 5.41) is 7.44. The summed E-state index contributed by atoms with van der Waals surface area (Å²) in [5.41, 5.74) is 4.64. The molecule has 7 nitrogen and oxygen atoms in total. The molecule has 0 aliphatic heterocycles. The molecular formula is C28H29N5O2. The van der Waals surface area contributed by atoms with Crippen molar-refractivity contribution in [3.05, 3.63) is 88.9 Å². The third-order valence-electron chi connectivity index (χ3n) is 6.82. The van der Waals surface area contributed by atoms with Crippen molar-refractivity contribution >= 4 is 28.5 Å². The molecule has 4 aromatic rings. The zero-order chi connectivity index (χ0) is 24.4. The topological polar surface area (TPSA) is 99.8 Å². The van der Waals surface area contributed by atoms with E-state index in [0.29, 0.717) is 28.2 Å². The third-order valence-corrected chi connectivity index (χ3v) is 6.82. The van der Waals surface area contributed by atoms with Crippen LogP contribution < -0.4 is 10.6 Å². The Kier molecular flexibility index (Phi) is 6.31. The number of aromatic amines is 1. The average molecular weight is 468 g/mol. The van der Waals surface area contributed by atoms with Crippen LogP contribution in [-0.4, -0.2) is 38.7 Å². The van der Waals surface area contributed by atoms with Crippen LogP contribution in [0.4, 0.5) is 5.82 Å². The van der Waals surface area contributed by atoms with E-state index >= 15 is 0 Å². The van der Waals surface area contributed by atoms with Gasteiger partial charge in [0, 0.05) is 29.4 Å². The smallest absolute Gasteiger partial charge is 0.251 e. The molecule has 7 heteroatoms. The zero-order valence-corrected chi connectivity index (χ0v) is 20.0. The number of H-pyrrole nitrogens is 1. The first-order chi connectivity index (χ1) is 17.0. The van der Waals surface area contributed by atoms with E-state index in [9.17, 15) is 9.59 Å². The van der Waals surface area contributed by atoms with E-state index in [1.54, 1.807) is 6.20 Å². The Hall–Kier alpha value is -4.00. The molecule has 0 unspecified atom stereocenters. The molecule has 2 heterocycles. The summed E-state index contributed by atoms with van der Waals surface area (Å²) in [6.07, 6.45) is 6.79. The molecule has 2 aromatic heterocycles. The number of nitrogens with zero attached hydrogens (tertiary/aromatic N) is 2. The molecule has 3 N–H and O–H groups in total. The predicted molar refractivity (Wildman–Crippen MR) is 137 cm³/mol. The highest BCUT2D eigenvalue weighted by atomic mass is 16.1. The Bertz CT molecular complexity index is 1370. The fraction of sp³-hybridized carbons (Fsp3) is 0.286. The van der Waals surface area contributed by atoms with Crippen molar-refractivity contribution in [2.24, 2.45) is 0 Å². The minimum Gasteiger partial charge on any atom is -0.367 e. The molecule has 0 radical (unpaired) electrons. The summed E-state index contributed by atoms with van der Waals surface area (Å²) >= 11 is 0. The Morgan fingerprint density at radius 2 is 1.60 bits per heavy atom. The van der Waals surface area contributed by atoms with E-state index in [0.717, 1.165) is 42.2 Å². The molecule has 1 amide bonds. The maximum absolute atomic E-state index is 13.3. The van der Waals surface area contributed by atoms with Gasteiger partial charge in [-0.1, -0.05) is 42.0 Å². The molecule has 178 valence electrons. The predicted octanol–water partition coefficient (Wildman–Crippen LogP) is 4.96. The van der Waals surface area contributed by atoms with Crippen molar-refractivity contribution in [2.45, 2.75) is 51.6 Å². The molecule has 0 saturated heterocycles. The van der Waals surface area contributed by atoms with Crippen LogP contribution in [0.15, 0.2) is 61.1 Å². The van der Waals surface area contributed by atoms with Crippen LogP contribution in [-0.2, 0) is 0 Å². The van der Waals surface area contributed by atoms with Crippen LogP contribution in [0.5, 0.6) is 0 Å². The second kappa shape index (κ2) is 9.70. The van der Waals surface area contributed by atoms with Crippen LogP contribution in [0.2, 0.25) is 0 Å². The summed E-state index contributed by atoms with van der Waals surface area (Å²) in [6, 6.07) is 15.6. The maximum Gasteiger partial charge on any atom is 0.251 e. The lowest BCUT2D eigenvalue weighted by molar-refractivity contribution is 0.0926. The van der Waals surface area contributed by atoms with Gasteiger partial charge < -0.3 is 15.6 Å². The Morgan fingerprint density at radius 1 is 0.886 bits per heavy atom. The van der Waals surface area contributed by atoms with E-state index in [2.05, 4.69) is 25.6 Å². The maximum atomic E-state index is 13.3. The molecular weight excluding hydrogens is 438 g/mol. The number of hydrogen-bond acceptors (Lipinski definition) is 5. The number of aryl methyl sites for hydroxylation is 2. The number of fused-ring (bicyclic) bond motifs is 1. The molecule has 1 fully saturated rings. The van der Waals surface area contributed by atoms with E-state index in [4.69, 9.17) is 0 Å². The molecule has 0 atom stereocenters. The van der Waals surface area contributed by atoms with Crippen LogP contribution in [0, 0.1) is 13.8 Å². The summed E-state index contributed by atoms with van der Waals surface area (Å²) in [5.74, 6) is 0.598. The van der Waals surface area contributed by atoms with Gasteiger partial charge in [-0.05, 0) is 57.2 Å². The van der Waals surface area contributed by atoms with Gasteiger partial charge in [-0.3, -0.25) is 9.59 Å². The largest absolute Gasteiger partial charge is 0.367 e. The highest BCUT2D eigenvalue weighted by Gasteiger charge is 2.25. The average Bonchev–Trinajstić information content (AvgIpc) is 3.31. The molecule has 35 heavy (non-hydrogen) atoms. The van der Waals surface area contributed by atoms with Gasteiger partial charge in [-0.2, -0.15) is 0 Å². The van der Waals surface area contributed by atoms with E-state index in [1.807, 2.05) is 62.4 Å². The number of aromatic nitrogens is 3. The summed E-state index contributed by atoms with van der Waals surface area (Å²) in [7, 11) is 0. The normalized spacial score (nSPS) is 17.8. The van der Waals surface area contributed by atoms with Gasteiger partial charge in [0.25, 0.3) is 5.91 Å². The lowest BCUT2D eigenvalue weighted by Crippen LogP contribution is -2.40. The quantitative estimate of drug-likeness (QED) is 0.348. The van der Waals surface area contributed by atoms with Crippen LogP contribution in [0.3, 0.4) is 0 Å². The van der Waals surface area contributed by atoms with Gasteiger partial charge in [0.05, 0.1) is 10.9 Å². The molecule has 5 rings (SSSR count). The first-order valence-electron chi connectivity index (χ1n) is 12.1. The highest BCUT2D eigenvalue weighted by molar-refractivity contribution is 6.18. The number of benzene rings is 2. The summed E-state index contributed by atoms with van der Waals surface area (Å²) in [6.45, 7) is 3.95. The molecule has 0 spiro atoms. The lowest BCUT2D eigenvalue weighted by atomic mass is 9.90. The molecule has 2 aromatic carbocycles. The van der Waals surface area contributed by atoms with Gasteiger partial charge in [-0.25, -0.2) is 9.97 Å². The zero-order valence-electron chi connectivity index (χ0n) is 20.0. The van der Waals surface area contributed by atoms with E-state index < -0.39 is 0 Å². The molecule has 1 aliphatic rings. The minimum atomic E-state index is -0.0465. The monoisotopic (exact) mass is 467 g/mol.